The van der Waals surface area contributed by atoms with Gasteiger partial charge in [0, 0.05) is 23.6 Å². The van der Waals surface area contributed by atoms with Crippen LogP contribution >= 0.6 is 0 Å². The maximum absolute atomic E-state index is 14.3. The van der Waals surface area contributed by atoms with Gasteiger partial charge in [0.2, 0.25) is 17.7 Å². The molecule has 4 aromatic rings. The van der Waals surface area contributed by atoms with Crippen molar-refractivity contribution < 1.29 is 23.9 Å². The zero-order chi connectivity index (χ0) is 26.1. The van der Waals surface area contributed by atoms with Crippen molar-refractivity contribution in [1.82, 2.24) is 29.9 Å². The summed E-state index contributed by atoms with van der Waals surface area (Å²) >= 11 is 0. The molecule has 0 bridgehead atoms. The van der Waals surface area contributed by atoms with Gasteiger partial charge in [0.15, 0.2) is 5.69 Å². The number of rotatable bonds is 6. The van der Waals surface area contributed by atoms with Crippen molar-refractivity contribution in [2.24, 2.45) is 5.73 Å². The summed E-state index contributed by atoms with van der Waals surface area (Å²) in [6, 6.07) is 8.77. The number of nitrogens with two attached hydrogens (primary N) is 1. The number of aromatic hydroxyl groups is 1. The summed E-state index contributed by atoms with van der Waals surface area (Å²) in [5, 5.41) is 24.6. The number of nitrogens with one attached hydrogen (secondary N) is 1. The van der Waals surface area contributed by atoms with E-state index in [2.05, 4.69) is 25.6 Å². The van der Waals surface area contributed by atoms with Gasteiger partial charge in [-0.1, -0.05) is 6.07 Å². The molecule has 4 heterocycles. The quantitative estimate of drug-likeness (QED) is 0.353. The number of carbonyl (C=O) groups excluding carboxylic acids is 3. The Morgan fingerprint density at radius 2 is 1.97 bits per heavy atom. The number of pyridine rings is 1. The smallest absolute Gasteiger partial charge is 0.269 e. The summed E-state index contributed by atoms with van der Waals surface area (Å²) in [6.07, 6.45) is 2.84. The molecule has 5 rings (SSSR count). The van der Waals surface area contributed by atoms with Crippen molar-refractivity contribution in [3.63, 3.8) is 0 Å². The van der Waals surface area contributed by atoms with E-state index in [4.69, 9.17) is 5.73 Å². The molecule has 1 saturated heterocycles. The van der Waals surface area contributed by atoms with Gasteiger partial charge < -0.3 is 21.1 Å². The molecule has 13 heteroatoms. The van der Waals surface area contributed by atoms with Crippen molar-refractivity contribution in [1.29, 1.82) is 0 Å². The zero-order valence-corrected chi connectivity index (χ0v) is 19.3. The lowest BCUT2D eigenvalue weighted by Crippen LogP contribution is -2.44. The Morgan fingerprint density at radius 3 is 2.70 bits per heavy atom. The molecule has 37 heavy (non-hydrogen) atoms. The Bertz CT molecular complexity index is 1510. The molecule has 1 aliphatic rings. The highest BCUT2D eigenvalue weighted by atomic mass is 19.1. The third-order valence-corrected chi connectivity index (χ3v) is 6.10. The van der Waals surface area contributed by atoms with E-state index >= 15 is 0 Å². The molecule has 0 radical (unpaired) electrons. The van der Waals surface area contributed by atoms with Gasteiger partial charge in [0.25, 0.3) is 5.91 Å². The van der Waals surface area contributed by atoms with Crippen LogP contribution in [0.3, 0.4) is 0 Å². The molecular weight excluding hydrogens is 483 g/mol. The van der Waals surface area contributed by atoms with E-state index in [1.807, 2.05) is 0 Å². The highest BCUT2D eigenvalue weighted by Crippen LogP contribution is 2.28. The minimum atomic E-state index is -1.41. The average Bonchev–Trinajstić information content (AvgIpc) is 3.46. The fourth-order valence-electron chi connectivity index (χ4n) is 4.36. The largest absolute Gasteiger partial charge is 0.492 e. The fraction of sp³-hybridized carbons (Fsp3) is 0.208. The SMILES string of the molecule is NC(=O)c1nn(CC(=O)N2C[C@H](F)C[C@H]2C(=O)Nc2cccnc2O)c2ccc(-c3ccnnc3)cc12. The van der Waals surface area contributed by atoms with Crippen molar-refractivity contribution in [2.45, 2.75) is 25.2 Å². The number of benzene rings is 1. The van der Waals surface area contributed by atoms with E-state index in [1.54, 1.807) is 30.5 Å². The second-order valence-electron chi connectivity index (χ2n) is 8.49. The number of amides is 3. The van der Waals surface area contributed by atoms with E-state index in [0.29, 0.717) is 10.9 Å². The van der Waals surface area contributed by atoms with Crippen LogP contribution in [0.1, 0.15) is 16.9 Å². The van der Waals surface area contributed by atoms with Crippen molar-refractivity contribution >= 4 is 34.3 Å². The van der Waals surface area contributed by atoms with Crippen LogP contribution in [-0.4, -0.2) is 71.4 Å². The third kappa shape index (κ3) is 4.66. The fourth-order valence-corrected chi connectivity index (χ4v) is 4.36. The molecule has 0 saturated carbocycles. The number of hydrogen-bond acceptors (Lipinski definition) is 8. The molecule has 1 aromatic carbocycles. The van der Waals surface area contributed by atoms with E-state index in [9.17, 15) is 23.9 Å². The first-order valence-corrected chi connectivity index (χ1v) is 11.3. The van der Waals surface area contributed by atoms with E-state index < -0.39 is 35.8 Å². The van der Waals surface area contributed by atoms with Gasteiger partial charge >= 0.3 is 0 Å². The third-order valence-electron chi connectivity index (χ3n) is 6.10. The molecule has 4 N–H and O–H groups in total. The first-order valence-electron chi connectivity index (χ1n) is 11.3. The summed E-state index contributed by atoms with van der Waals surface area (Å²) in [5.74, 6) is -2.40. The minimum Gasteiger partial charge on any atom is -0.492 e. The summed E-state index contributed by atoms with van der Waals surface area (Å²) in [6.45, 7) is -0.633. The molecule has 1 fully saturated rings. The lowest BCUT2D eigenvalue weighted by molar-refractivity contribution is -0.137. The Hall–Kier alpha value is -4.94. The number of hydrogen-bond donors (Lipinski definition) is 3. The van der Waals surface area contributed by atoms with Crippen LogP contribution in [0.2, 0.25) is 0 Å². The number of fused-ring (bicyclic) bond motifs is 1. The summed E-state index contributed by atoms with van der Waals surface area (Å²) in [4.78, 5) is 43.0. The summed E-state index contributed by atoms with van der Waals surface area (Å²) < 4.78 is 15.6. The van der Waals surface area contributed by atoms with Crippen LogP contribution in [0.4, 0.5) is 10.1 Å². The van der Waals surface area contributed by atoms with Gasteiger partial charge in [-0.05, 0) is 35.9 Å². The van der Waals surface area contributed by atoms with Crippen LogP contribution in [-0.2, 0) is 16.1 Å². The van der Waals surface area contributed by atoms with Crippen LogP contribution in [0.25, 0.3) is 22.0 Å². The number of primary amides is 1. The highest BCUT2D eigenvalue weighted by Gasteiger charge is 2.40. The second kappa shape index (κ2) is 9.60. The van der Waals surface area contributed by atoms with Crippen LogP contribution < -0.4 is 11.1 Å². The van der Waals surface area contributed by atoms with E-state index in [-0.39, 0.29) is 30.9 Å². The van der Waals surface area contributed by atoms with Gasteiger partial charge in [0.05, 0.1) is 24.5 Å². The summed E-state index contributed by atoms with van der Waals surface area (Å²) in [5.41, 5.74) is 7.52. The maximum Gasteiger partial charge on any atom is 0.269 e. The molecule has 1 aliphatic heterocycles. The van der Waals surface area contributed by atoms with Crippen molar-refractivity contribution in [2.75, 3.05) is 11.9 Å². The van der Waals surface area contributed by atoms with Gasteiger partial charge in [-0.3, -0.25) is 19.1 Å². The number of likely N-dealkylation sites (tertiary alicyclic amines) is 1. The molecule has 188 valence electrons. The first kappa shape index (κ1) is 23.8. The molecular formula is C24H21FN8O4. The molecule has 0 aliphatic carbocycles. The lowest BCUT2D eigenvalue weighted by Gasteiger charge is -2.23. The summed E-state index contributed by atoms with van der Waals surface area (Å²) in [7, 11) is 0. The van der Waals surface area contributed by atoms with Crippen LogP contribution in [0.5, 0.6) is 5.88 Å². The molecule has 3 amide bonds. The Labute approximate surface area is 208 Å². The standard InChI is InChI=1S/C24H21FN8O4/c25-15-9-19(24(37)30-17-2-1-6-27-23(17)36)32(11-15)20(34)12-33-18-4-3-13(14-5-7-28-29-10-14)8-16(18)21(31-33)22(26)35/h1-8,10,15,19H,9,11-12H2,(H2,26,35)(H,27,36)(H,30,37)/t15-,19+/m1/s1. The molecule has 0 spiro atoms. The number of anilines is 1. The van der Waals surface area contributed by atoms with Gasteiger partial charge in [0.1, 0.15) is 24.4 Å². The van der Waals surface area contributed by atoms with Crippen LogP contribution in [0.15, 0.2) is 55.0 Å². The Morgan fingerprint density at radius 1 is 1.14 bits per heavy atom. The number of carbonyl (C=O) groups is 3. The second-order valence-corrected chi connectivity index (χ2v) is 8.49. The highest BCUT2D eigenvalue weighted by molar-refractivity contribution is 6.05. The van der Waals surface area contributed by atoms with Gasteiger partial charge in [-0.15, -0.1) is 0 Å². The number of alkyl halides is 1. The predicted octanol–water partition coefficient (Wildman–Crippen LogP) is 1.27. The average molecular weight is 504 g/mol. The number of aromatic nitrogens is 5. The number of nitrogens with zero attached hydrogens (tertiary/aromatic N) is 6. The van der Waals surface area contributed by atoms with Crippen LogP contribution in [0, 0.1) is 0 Å². The first-order chi connectivity index (χ1) is 17.8. The molecule has 12 nitrogen and oxygen atoms in total. The van der Waals surface area contributed by atoms with Gasteiger partial charge in [-0.2, -0.15) is 15.3 Å². The normalized spacial score (nSPS) is 17.2. The van der Waals surface area contributed by atoms with E-state index in [1.165, 1.54) is 29.2 Å². The molecule has 3 aromatic heterocycles. The maximum atomic E-state index is 14.3. The minimum absolute atomic E-state index is 0.0298. The van der Waals surface area contributed by atoms with Gasteiger partial charge in [-0.25, -0.2) is 9.37 Å². The van der Waals surface area contributed by atoms with Crippen molar-refractivity contribution in [3.8, 4) is 17.0 Å². The Kier molecular flexibility index (Phi) is 6.17. The monoisotopic (exact) mass is 504 g/mol. The van der Waals surface area contributed by atoms with E-state index in [0.717, 1.165) is 16.0 Å². The number of halogens is 1. The van der Waals surface area contributed by atoms with Crippen molar-refractivity contribution in [3.05, 3.63) is 60.7 Å². The topological polar surface area (TPSA) is 169 Å². The zero-order valence-electron chi connectivity index (χ0n) is 19.3. The molecule has 0 unspecified atom stereocenters. The lowest BCUT2D eigenvalue weighted by atomic mass is 10.0. The molecule has 2 atom stereocenters. The predicted molar refractivity (Wildman–Crippen MR) is 129 cm³/mol. The Balaban J connectivity index is 1.41.